The molecule has 1 amide bonds. The van der Waals surface area contributed by atoms with Gasteiger partial charge in [0.1, 0.15) is 23.8 Å². The van der Waals surface area contributed by atoms with Gasteiger partial charge in [0.15, 0.2) is 0 Å². The van der Waals surface area contributed by atoms with E-state index < -0.39 is 10.0 Å². The molecule has 0 unspecified atom stereocenters. The maximum atomic E-state index is 12.6. The van der Waals surface area contributed by atoms with Gasteiger partial charge in [0, 0.05) is 38.0 Å². The molecule has 3 rings (SSSR count). The number of aromatic nitrogens is 3. The van der Waals surface area contributed by atoms with E-state index in [0.717, 1.165) is 5.56 Å². The number of hydrogen-bond donors (Lipinski definition) is 4. The van der Waals surface area contributed by atoms with E-state index in [1.807, 2.05) is 19.1 Å². The number of nitrogens with zero attached hydrogens (tertiary/aromatic N) is 3. The van der Waals surface area contributed by atoms with Crippen molar-refractivity contribution < 1.29 is 13.2 Å². The van der Waals surface area contributed by atoms with Crippen LogP contribution >= 0.6 is 0 Å². The topological polar surface area (TPSA) is 138 Å². The van der Waals surface area contributed by atoms with Crippen molar-refractivity contribution >= 4 is 39.1 Å². The highest BCUT2D eigenvalue weighted by atomic mass is 32.2. The van der Waals surface area contributed by atoms with E-state index in [-0.39, 0.29) is 17.3 Å². The summed E-state index contributed by atoms with van der Waals surface area (Å²) in [5.74, 6) is 1.56. The van der Waals surface area contributed by atoms with Crippen molar-refractivity contribution in [2.75, 3.05) is 29.0 Å². The first kappa shape index (κ1) is 23.1. The molecule has 32 heavy (non-hydrogen) atoms. The molecule has 0 fully saturated rings. The number of carbonyl (C=O) groups excluding carboxylic acids is 1. The Hall–Kier alpha value is -3.57. The second-order valence-electron chi connectivity index (χ2n) is 7.12. The highest BCUT2D eigenvalue weighted by Gasteiger charge is 2.16. The third-order valence-electron chi connectivity index (χ3n) is 4.35. The van der Waals surface area contributed by atoms with Crippen LogP contribution in [0.5, 0.6) is 0 Å². The summed E-state index contributed by atoms with van der Waals surface area (Å²) in [5.41, 5.74) is 2.15. The zero-order valence-corrected chi connectivity index (χ0v) is 18.8. The Labute approximate surface area is 187 Å². The Balaban J connectivity index is 1.55. The Bertz CT molecular complexity index is 1220. The normalized spacial score (nSPS) is 11.1. The summed E-state index contributed by atoms with van der Waals surface area (Å²) in [6, 6.07) is 10.2. The van der Waals surface area contributed by atoms with Crippen molar-refractivity contribution in [3.63, 3.8) is 0 Å². The summed E-state index contributed by atoms with van der Waals surface area (Å²) >= 11 is 0. The van der Waals surface area contributed by atoms with Crippen LogP contribution in [0, 0.1) is 13.8 Å². The number of benzene rings is 1. The third-order valence-corrected chi connectivity index (χ3v) is 5.97. The van der Waals surface area contributed by atoms with Crippen molar-refractivity contribution in [2.24, 2.45) is 0 Å². The van der Waals surface area contributed by atoms with Crippen molar-refractivity contribution in [1.82, 2.24) is 19.7 Å². The first-order valence-corrected chi connectivity index (χ1v) is 11.3. The van der Waals surface area contributed by atoms with Crippen LogP contribution in [-0.2, 0) is 14.8 Å². The number of amides is 1. The Morgan fingerprint density at radius 1 is 0.938 bits per heavy atom. The second kappa shape index (κ2) is 10.2. The van der Waals surface area contributed by atoms with Crippen LogP contribution in [0.25, 0.3) is 0 Å². The lowest BCUT2D eigenvalue weighted by atomic mass is 10.2. The fourth-order valence-corrected chi connectivity index (χ4v) is 4.20. The van der Waals surface area contributed by atoms with Crippen LogP contribution in [0.2, 0.25) is 0 Å². The first-order chi connectivity index (χ1) is 15.2. The standard InChI is InChI=1S/C21H25N7O3S/c1-14-6-7-22-20(10-14)28-21-12-19(24-13-25-21)23-8-9-26-32(30,31)18-5-4-17(11-15(18)2)27-16(3)29/h4-7,10-13,26H,8-9H2,1-3H3,(H,27,29)(H2,22,23,24,25,28). The molecule has 2 aromatic heterocycles. The molecule has 2 heterocycles. The molecule has 0 aliphatic heterocycles. The van der Waals surface area contributed by atoms with E-state index in [4.69, 9.17) is 0 Å². The Morgan fingerprint density at radius 3 is 2.41 bits per heavy atom. The van der Waals surface area contributed by atoms with Gasteiger partial charge in [-0.2, -0.15) is 0 Å². The summed E-state index contributed by atoms with van der Waals surface area (Å²) in [5, 5.41) is 8.80. The quantitative estimate of drug-likeness (QED) is 0.361. The minimum atomic E-state index is -3.70. The molecule has 0 spiro atoms. The molecule has 0 saturated carbocycles. The van der Waals surface area contributed by atoms with Gasteiger partial charge in [-0.3, -0.25) is 4.79 Å². The van der Waals surface area contributed by atoms with Gasteiger partial charge in [-0.15, -0.1) is 0 Å². The summed E-state index contributed by atoms with van der Waals surface area (Å²) in [7, 11) is -3.70. The number of pyridine rings is 1. The third kappa shape index (κ3) is 6.46. The van der Waals surface area contributed by atoms with Gasteiger partial charge < -0.3 is 16.0 Å². The van der Waals surface area contributed by atoms with E-state index in [1.165, 1.54) is 19.3 Å². The lowest BCUT2D eigenvalue weighted by molar-refractivity contribution is -0.114. The van der Waals surface area contributed by atoms with Crippen LogP contribution in [0.3, 0.4) is 0 Å². The molecule has 10 nitrogen and oxygen atoms in total. The Morgan fingerprint density at radius 2 is 1.69 bits per heavy atom. The number of anilines is 4. The van der Waals surface area contributed by atoms with Gasteiger partial charge >= 0.3 is 0 Å². The number of nitrogens with one attached hydrogen (secondary N) is 4. The lowest BCUT2D eigenvalue weighted by Gasteiger charge is -2.12. The van der Waals surface area contributed by atoms with Gasteiger partial charge in [-0.25, -0.2) is 28.1 Å². The fraction of sp³-hybridized carbons (Fsp3) is 0.238. The van der Waals surface area contributed by atoms with E-state index in [9.17, 15) is 13.2 Å². The molecule has 1 aromatic carbocycles. The fourth-order valence-electron chi connectivity index (χ4n) is 2.94. The smallest absolute Gasteiger partial charge is 0.240 e. The number of sulfonamides is 1. The van der Waals surface area contributed by atoms with E-state index >= 15 is 0 Å². The van der Waals surface area contributed by atoms with Crippen LogP contribution < -0.4 is 20.7 Å². The largest absolute Gasteiger partial charge is 0.369 e. The summed E-state index contributed by atoms with van der Waals surface area (Å²) in [6.07, 6.45) is 3.11. The maximum Gasteiger partial charge on any atom is 0.240 e. The number of carbonyl (C=O) groups is 1. The minimum Gasteiger partial charge on any atom is -0.369 e. The second-order valence-corrected chi connectivity index (χ2v) is 8.85. The highest BCUT2D eigenvalue weighted by molar-refractivity contribution is 7.89. The molecule has 3 aromatic rings. The zero-order valence-electron chi connectivity index (χ0n) is 18.0. The summed E-state index contributed by atoms with van der Waals surface area (Å²) in [6.45, 7) is 5.52. The van der Waals surface area contributed by atoms with Crippen molar-refractivity contribution in [3.05, 3.63) is 60.0 Å². The SMILES string of the molecule is CC(=O)Nc1ccc(S(=O)(=O)NCCNc2cc(Nc3cc(C)ccn3)ncn2)c(C)c1. The minimum absolute atomic E-state index is 0.154. The molecular weight excluding hydrogens is 430 g/mol. The zero-order chi connectivity index (χ0) is 23.1. The molecule has 0 aliphatic carbocycles. The molecule has 0 radical (unpaired) electrons. The van der Waals surface area contributed by atoms with E-state index in [1.54, 1.807) is 31.3 Å². The number of hydrogen-bond acceptors (Lipinski definition) is 8. The van der Waals surface area contributed by atoms with Crippen molar-refractivity contribution in [2.45, 2.75) is 25.7 Å². The summed E-state index contributed by atoms with van der Waals surface area (Å²) < 4.78 is 27.8. The first-order valence-electron chi connectivity index (χ1n) is 9.86. The average Bonchev–Trinajstić information content (AvgIpc) is 2.71. The van der Waals surface area contributed by atoms with Gasteiger partial charge in [-0.05, 0) is 55.3 Å². The van der Waals surface area contributed by atoms with E-state index in [2.05, 4.69) is 35.6 Å². The number of aryl methyl sites for hydroxylation is 2. The Kier molecular flexibility index (Phi) is 7.33. The maximum absolute atomic E-state index is 12.6. The molecule has 11 heteroatoms. The van der Waals surface area contributed by atoms with Crippen LogP contribution in [0.4, 0.5) is 23.1 Å². The molecule has 0 bridgehead atoms. The molecule has 168 valence electrons. The predicted octanol–water partition coefficient (Wildman–Crippen LogP) is 2.58. The van der Waals surface area contributed by atoms with Crippen LogP contribution in [0.1, 0.15) is 18.1 Å². The molecule has 0 saturated heterocycles. The molecule has 0 atom stereocenters. The number of rotatable bonds is 9. The van der Waals surface area contributed by atoms with E-state index in [0.29, 0.717) is 35.2 Å². The average molecular weight is 456 g/mol. The highest BCUT2D eigenvalue weighted by Crippen LogP contribution is 2.19. The molecule has 4 N–H and O–H groups in total. The van der Waals surface area contributed by atoms with Gasteiger partial charge in [0.2, 0.25) is 15.9 Å². The van der Waals surface area contributed by atoms with Gasteiger partial charge in [0.25, 0.3) is 0 Å². The van der Waals surface area contributed by atoms with Crippen LogP contribution in [-0.4, -0.2) is 42.4 Å². The van der Waals surface area contributed by atoms with Gasteiger partial charge in [0.05, 0.1) is 4.90 Å². The van der Waals surface area contributed by atoms with Crippen molar-refractivity contribution in [1.29, 1.82) is 0 Å². The van der Waals surface area contributed by atoms with Gasteiger partial charge in [-0.1, -0.05) is 0 Å². The summed E-state index contributed by atoms with van der Waals surface area (Å²) in [4.78, 5) is 23.9. The van der Waals surface area contributed by atoms with Crippen LogP contribution in [0.15, 0.2) is 53.8 Å². The molecular formula is C21H25N7O3S. The monoisotopic (exact) mass is 455 g/mol. The predicted molar refractivity (Wildman–Crippen MR) is 123 cm³/mol. The molecule has 0 aliphatic rings. The van der Waals surface area contributed by atoms with Crippen molar-refractivity contribution in [3.8, 4) is 0 Å². The lowest BCUT2D eigenvalue weighted by Crippen LogP contribution is -2.29.